The predicted octanol–water partition coefficient (Wildman–Crippen LogP) is 9.54. The molecule has 4 aromatic carbocycles. The summed E-state index contributed by atoms with van der Waals surface area (Å²) in [6.07, 6.45) is 0. The van der Waals surface area contributed by atoms with Gasteiger partial charge in [-0.2, -0.15) is 0 Å². The summed E-state index contributed by atoms with van der Waals surface area (Å²) in [6, 6.07) is 29.7. The molecule has 0 fully saturated rings. The van der Waals surface area contributed by atoms with Crippen molar-refractivity contribution in [3.63, 3.8) is 0 Å². The van der Waals surface area contributed by atoms with Crippen LogP contribution in [0.3, 0.4) is 0 Å². The third-order valence-corrected chi connectivity index (χ3v) is 7.06. The fourth-order valence-corrected chi connectivity index (χ4v) is 5.12. The Labute approximate surface area is 236 Å². The summed E-state index contributed by atoms with van der Waals surface area (Å²) >= 11 is 0. The molecule has 0 atom stereocenters. The Morgan fingerprint density at radius 2 is 0.641 bits per heavy atom. The van der Waals surface area contributed by atoms with E-state index in [-0.39, 0.29) is 5.48 Å². The van der Waals surface area contributed by atoms with Gasteiger partial charge in [0.1, 0.15) is 0 Å². The fourth-order valence-electron chi connectivity index (χ4n) is 5.12. The minimum Gasteiger partial charge on any atom is -0.412 e. The molecular formula is C36H48N2O. The molecule has 208 valence electrons. The molecule has 0 spiro atoms. The molecule has 0 aliphatic rings. The maximum Gasteiger partial charge on any atom is 0.0320 e. The molecule has 0 bridgehead atoms. The maximum absolute atomic E-state index is 6.08. The van der Waals surface area contributed by atoms with Gasteiger partial charge in [0.15, 0.2) is 0 Å². The van der Waals surface area contributed by atoms with Crippen molar-refractivity contribution in [2.75, 3.05) is 11.5 Å². The minimum atomic E-state index is 0. The molecular weight excluding hydrogens is 476 g/mol. The van der Waals surface area contributed by atoms with E-state index in [1.54, 1.807) is 0 Å². The molecule has 39 heavy (non-hydrogen) atoms. The Kier molecular flexibility index (Phi) is 11.4. The van der Waals surface area contributed by atoms with Crippen molar-refractivity contribution in [1.29, 1.82) is 0 Å². The van der Waals surface area contributed by atoms with Crippen molar-refractivity contribution < 1.29 is 5.48 Å². The molecule has 0 unspecified atom stereocenters. The van der Waals surface area contributed by atoms with Crippen LogP contribution in [0.2, 0.25) is 0 Å². The third-order valence-electron chi connectivity index (χ3n) is 7.06. The Hall–Kier alpha value is -3.56. The van der Waals surface area contributed by atoms with Gasteiger partial charge in [-0.3, -0.25) is 0 Å². The van der Waals surface area contributed by atoms with Crippen LogP contribution in [-0.4, -0.2) is 5.48 Å². The second-order valence-corrected chi connectivity index (χ2v) is 11.5. The van der Waals surface area contributed by atoms with Gasteiger partial charge in [-0.25, -0.2) is 0 Å². The van der Waals surface area contributed by atoms with Crippen molar-refractivity contribution >= 4 is 11.4 Å². The van der Waals surface area contributed by atoms with E-state index in [2.05, 4.69) is 140 Å². The Bertz CT molecular complexity index is 1160. The lowest BCUT2D eigenvalue weighted by Gasteiger charge is -2.21. The predicted molar refractivity (Wildman–Crippen MR) is 173 cm³/mol. The monoisotopic (exact) mass is 524 g/mol. The van der Waals surface area contributed by atoms with Crippen molar-refractivity contribution in [3.05, 3.63) is 107 Å². The van der Waals surface area contributed by atoms with Crippen LogP contribution in [0.15, 0.2) is 84.9 Å². The SMILES string of the molecule is CC(C)c1cc(N)cc(C(C)C)c1-c1ccccc1.CC(C)c1cc(N)cc(C(C)C)c1-c1ccccc1.O. The fraction of sp³-hybridized carbons (Fsp3) is 0.333. The summed E-state index contributed by atoms with van der Waals surface area (Å²) in [5.41, 5.74) is 24.6. The number of nitrogen functional groups attached to an aromatic ring is 2. The summed E-state index contributed by atoms with van der Waals surface area (Å²) in [7, 11) is 0. The van der Waals surface area contributed by atoms with E-state index in [4.69, 9.17) is 11.5 Å². The summed E-state index contributed by atoms with van der Waals surface area (Å²) < 4.78 is 0. The standard InChI is InChI=1S/2C18H23N.H2O/c2*1-12(2)16-10-15(19)11-17(13(3)4)18(16)14-8-6-5-7-9-14;/h2*5-13H,19H2,1-4H3;1H2. The van der Waals surface area contributed by atoms with Crippen LogP contribution in [0.5, 0.6) is 0 Å². The zero-order valence-corrected chi connectivity index (χ0v) is 25.0. The van der Waals surface area contributed by atoms with Gasteiger partial charge in [0.05, 0.1) is 0 Å². The number of benzene rings is 4. The lowest BCUT2D eigenvalue weighted by Crippen LogP contribution is -2.02. The van der Waals surface area contributed by atoms with Crippen LogP contribution < -0.4 is 11.5 Å². The highest BCUT2D eigenvalue weighted by atomic mass is 16.0. The van der Waals surface area contributed by atoms with Crippen LogP contribution in [0, 0.1) is 0 Å². The zero-order valence-electron chi connectivity index (χ0n) is 25.0. The second-order valence-electron chi connectivity index (χ2n) is 11.5. The molecule has 6 N–H and O–H groups in total. The molecule has 0 aliphatic heterocycles. The lowest BCUT2D eigenvalue weighted by atomic mass is 9.84. The highest BCUT2D eigenvalue weighted by molar-refractivity contribution is 5.76. The topological polar surface area (TPSA) is 83.5 Å². The quantitative estimate of drug-likeness (QED) is 0.246. The molecule has 0 saturated carbocycles. The van der Waals surface area contributed by atoms with E-state index in [1.165, 1.54) is 44.5 Å². The number of hydrogen-bond donors (Lipinski definition) is 2. The van der Waals surface area contributed by atoms with Crippen molar-refractivity contribution in [2.24, 2.45) is 0 Å². The van der Waals surface area contributed by atoms with E-state index in [1.807, 2.05) is 0 Å². The van der Waals surface area contributed by atoms with E-state index >= 15 is 0 Å². The van der Waals surface area contributed by atoms with E-state index in [0.29, 0.717) is 23.7 Å². The Morgan fingerprint density at radius 1 is 0.410 bits per heavy atom. The molecule has 0 amide bonds. The molecule has 0 heterocycles. The molecule has 4 rings (SSSR count). The first kappa shape index (κ1) is 31.7. The van der Waals surface area contributed by atoms with Crippen LogP contribution in [0.4, 0.5) is 11.4 Å². The highest BCUT2D eigenvalue weighted by Gasteiger charge is 2.17. The molecule has 0 saturated heterocycles. The molecule has 3 nitrogen and oxygen atoms in total. The zero-order chi connectivity index (χ0) is 28.0. The first-order chi connectivity index (χ1) is 18.0. The van der Waals surface area contributed by atoms with Crippen LogP contribution in [0.25, 0.3) is 22.3 Å². The van der Waals surface area contributed by atoms with Gasteiger partial charge >= 0.3 is 0 Å². The second kappa shape index (κ2) is 14.0. The molecule has 3 heteroatoms. The van der Waals surface area contributed by atoms with Crippen molar-refractivity contribution in [3.8, 4) is 22.3 Å². The van der Waals surface area contributed by atoms with E-state index in [9.17, 15) is 0 Å². The minimum absolute atomic E-state index is 0. The van der Waals surface area contributed by atoms with Gasteiger partial charge in [0.2, 0.25) is 0 Å². The molecule has 0 radical (unpaired) electrons. The van der Waals surface area contributed by atoms with Gasteiger partial charge in [-0.05, 0) is 92.4 Å². The van der Waals surface area contributed by atoms with Gasteiger partial charge in [-0.15, -0.1) is 0 Å². The van der Waals surface area contributed by atoms with Gasteiger partial charge < -0.3 is 16.9 Å². The molecule has 0 aromatic heterocycles. The van der Waals surface area contributed by atoms with Crippen molar-refractivity contribution in [2.45, 2.75) is 79.1 Å². The summed E-state index contributed by atoms with van der Waals surface area (Å²) in [5, 5.41) is 0. The Morgan fingerprint density at radius 3 is 0.846 bits per heavy atom. The van der Waals surface area contributed by atoms with Crippen LogP contribution >= 0.6 is 0 Å². The first-order valence-corrected chi connectivity index (χ1v) is 14.0. The number of nitrogens with two attached hydrogens (primary N) is 2. The van der Waals surface area contributed by atoms with E-state index in [0.717, 1.165) is 11.4 Å². The summed E-state index contributed by atoms with van der Waals surface area (Å²) in [4.78, 5) is 0. The normalized spacial score (nSPS) is 11.0. The van der Waals surface area contributed by atoms with Crippen molar-refractivity contribution in [1.82, 2.24) is 0 Å². The summed E-state index contributed by atoms with van der Waals surface area (Å²) in [6.45, 7) is 17.8. The first-order valence-electron chi connectivity index (χ1n) is 14.0. The van der Waals surface area contributed by atoms with Gasteiger partial charge in [0.25, 0.3) is 0 Å². The number of anilines is 2. The average molecular weight is 525 g/mol. The number of rotatable bonds is 6. The maximum atomic E-state index is 6.08. The smallest absolute Gasteiger partial charge is 0.0320 e. The Balaban J connectivity index is 0.000000267. The summed E-state index contributed by atoms with van der Waals surface area (Å²) in [5.74, 6) is 1.87. The van der Waals surface area contributed by atoms with E-state index < -0.39 is 0 Å². The largest absolute Gasteiger partial charge is 0.412 e. The lowest BCUT2D eigenvalue weighted by molar-refractivity contribution is 0.824. The molecule has 0 aliphatic carbocycles. The van der Waals surface area contributed by atoms with Gasteiger partial charge in [0, 0.05) is 11.4 Å². The highest BCUT2D eigenvalue weighted by Crippen LogP contribution is 2.39. The van der Waals surface area contributed by atoms with Crippen LogP contribution in [0.1, 0.15) is 101 Å². The molecule has 4 aromatic rings. The van der Waals surface area contributed by atoms with Gasteiger partial charge in [-0.1, -0.05) is 116 Å². The third kappa shape index (κ3) is 7.74. The number of hydrogen-bond acceptors (Lipinski definition) is 2. The van der Waals surface area contributed by atoms with Crippen LogP contribution in [-0.2, 0) is 0 Å². The average Bonchev–Trinajstić information content (AvgIpc) is 2.88.